The minimum atomic E-state index is 0.542. The maximum atomic E-state index is 5.83. The standard InChI is InChI=1S/C19H19ClN4O/c20-16-12-23-18(24-13-16)6-3-15-8-10-22-19(11-15)25-17-4-1-14(2-5-17)7-9-21/h1-2,4-5,8,10-13H,3,6-7,9,21H2. The Hall–Kier alpha value is -2.50. The molecule has 0 aliphatic heterocycles. The summed E-state index contributed by atoms with van der Waals surface area (Å²) in [5.74, 6) is 2.09. The highest BCUT2D eigenvalue weighted by atomic mass is 35.5. The van der Waals surface area contributed by atoms with Gasteiger partial charge < -0.3 is 10.5 Å². The monoisotopic (exact) mass is 354 g/mol. The van der Waals surface area contributed by atoms with E-state index in [1.54, 1.807) is 18.6 Å². The Bertz CT molecular complexity index is 806. The van der Waals surface area contributed by atoms with Crippen LogP contribution in [0.3, 0.4) is 0 Å². The number of hydrogen-bond donors (Lipinski definition) is 1. The van der Waals surface area contributed by atoms with Crippen LogP contribution in [0.1, 0.15) is 17.0 Å². The first-order valence-electron chi connectivity index (χ1n) is 8.11. The molecule has 0 unspecified atom stereocenters. The molecule has 0 fully saturated rings. The number of pyridine rings is 1. The zero-order valence-corrected chi connectivity index (χ0v) is 14.5. The van der Waals surface area contributed by atoms with Crippen LogP contribution < -0.4 is 10.5 Å². The molecule has 2 heterocycles. The molecule has 2 N–H and O–H groups in total. The molecule has 1 aromatic carbocycles. The van der Waals surface area contributed by atoms with Gasteiger partial charge in [-0.2, -0.15) is 0 Å². The molecule has 5 nitrogen and oxygen atoms in total. The first-order chi connectivity index (χ1) is 12.2. The molecule has 0 bridgehead atoms. The van der Waals surface area contributed by atoms with Gasteiger partial charge in [-0.25, -0.2) is 15.0 Å². The fraction of sp³-hybridized carbons (Fsp3) is 0.211. The molecule has 0 saturated heterocycles. The summed E-state index contributed by atoms with van der Waals surface area (Å²) in [5, 5.41) is 0.542. The second-order valence-electron chi connectivity index (χ2n) is 5.60. The Morgan fingerprint density at radius 1 is 0.880 bits per heavy atom. The molecule has 0 aliphatic carbocycles. The van der Waals surface area contributed by atoms with E-state index in [0.717, 1.165) is 36.4 Å². The summed E-state index contributed by atoms with van der Waals surface area (Å²) in [6.07, 6.45) is 7.36. The number of halogens is 1. The van der Waals surface area contributed by atoms with Crippen LogP contribution in [0.4, 0.5) is 0 Å². The zero-order valence-electron chi connectivity index (χ0n) is 13.7. The summed E-state index contributed by atoms with van der Waals surface area (Å²) >= 11 is 5.80. The van der Waals surface area contributed by atoms with Crippen molar-refractivity contribution in [1.82, 2.24) is 15.0 Å². The highest BCUT2D eigenvalue weighted by Crippen LogP contribution is 2.21. The molecule has 0 amide bonds. The molecule has 0 radical (unpaired) electrons. The Morgan fingerprint density at radius 2 is 1.64 bits per heavy atom. The number of hydrogen-bond acceptors (Lipinski definition) is 5. The predicted molar refractivity (Wildman–Crippen MR) is 98.0 cm³/mol. The first kappa shape index (κ1) is 17.3. The van der Waals surface area contributed by atoms with Crippen LogP contribution in [0.2, 0.25) is 5.02 Å². The second kappa shape index (κ2) is 8.55. The summed E-state index contributed by atoms with van der Waals surface area (Å²) in [4.78, 5) is 12.7. The summed E-state index contributed by atoms with van der Waals surface area (Å²) in [5.41, 5.74) is 7.87. The average molecular weight is 355 g/mol. The lowest BCUT2D eigenvalue weighted by Gasteiger charge is -2.07. The van der Waals surface area contributed by atoms with Gasteiger partial charge in [-0.05, 0) is 48.7 Å². The molecule has 0 saturated carbocycles. The van der Waals surface area contributed by atoms with Crippen LogP contribution in [-0.4, -0.2) is 21.5 Å². The van der Waals surface area contributed by atoms with Crippen LogP contribution in [0.25, 0.3) is 0 Å². The highest BCUT2D eigenvalue weighted by Gasteiger charge is 2.03. The van der Waals surface area contributed by atoms with E-state index < -0.39 is 0 Å². The Labute approximate surface area is 151 Å². The van der Waals surface area contributed by atoms with Crippen LogP contribution in [0, 0.1) is 0 Å². The van der Waals surface area contributed by atoms with Crippen molar-refractivity contribution in [3.63, 3.8) is 0 Å². The third kappa shape index (κ3) is 5.24. The van der Waals surface area contributed by atoms with Crippen molar-refractivity contribution in [3.05, 3.63) is 77.0 Å². The fourth-order valence-electron chi connectivity index (χ4n) is 2.40. The van der Waals surface area contributed by atoms with E-state index in [1.165, 1.54) is 5.56 Å². The van der Waals surface area contributed by atoms with Crippen LogP contribution in [-0.2, 0) is 19.3 Å². The molecule has 0 spiro atoms. The van der Waals surface area contributed by atoms with Gasteiger partial charge >= 0.3 is 0 Å². The fourth-order valence-corrected chi connectivity index (χ4v) is 2.50. The lowest BCUT2D eigenvalue weighted by molar-refractivity contribution is 0.462. The smallest absolute Gasteiger partial charge is 0.219 e. The number of rotatable bonds is 7. The molecule has 2 aromatic heterocycles. The zero-order chi connectivity index (χ0) is 17.5. The molecule has 25 heavy (non-hydrogen) atoms. The van der Waals surface area contributed by atoms with Crippen LogP contribution in [0.5, 0.6) is 11.6 Å². The minimum Gasteiger partial charge on any atom is -0.439 e. The van der Waals surface area contributed by atoms with E-state index in [1.807, 2.05) is 36.4 Å². The summed E-state index contributed by atoms with van der Waals surface area (Å²) in [6, 6.07) is 11.8. The van der Waals surface area contributed by atoms with Crippen molar-refractivity contribution in [2.75, 3.05) is 6.54 Å². The van der Waals surface area contributed by atoms with Gasteiger partial charge in [0.25, 0.3) is 0 Å². The Kier molecular flexibility index (Phi) is 5.93. The number of nitrogens with zero attached hydrogens (tertiary/aromatic N) is 3. The predicted octanol–water partition coefficient (Wildman–Crippen LogP) is 3.60. The molecule has 3 rings (SSSR count). The van der Waals surface area contributed by atoms with E-state index >= 15 is 0 Å². The van der Waals surface area contributed by atoms with Gasteiger partial charge in [0.15, 0.2) is 0 Å². The molecular weight excluding hydrogens is 336 g/mol. The minimum absolute atomic E-state index is 0.542. The van der Waals surface area contributed by atoms with Gasteiger partial charge in [0.2, 0.25) is 5.88 Å². The summed E-state index contributed by atoms with van der Waals surface area (Å²) in [6.45, 7) is 0.640. The molecular formula is C19H19ClN4O. The summed E-state index contributed by atoms with van der Waals surface area (Å²) in [7, 11) is 0. The van der Waals surface area contributed by atoms with Crippen LogP contribution >= 0.6 is 11.6 Å². The Morgan fingerprint density at radius 3 is 2.36 bits per heavy atom. The molecule has 128 valence electrons. The third-order valence-electron chi connectivity index (χ3n) is 3.69. The number of ether oxygens (including phenoxy) is 1. The highest BCUT2D eigenvalue weighted by molar-refractivity contribution is 6.30. The van der Waals surface area contributed by atoms with Crippen molar-refractivity contribution in [2.24, 2.45) is 5.73 Å². The van der Waals surface area contributed by atoms with Gasteiger partial charge in [0.1, 0.15) is 11.6 Å². The number of aryl methyl sites for hydroxylation is 2. The van der Waals surface area contributed by atoms with Crippen molar-refractivity contribution < 1.29 is 4.74 Å². The first-order valence-corrected chi connectivity index (χ1v) is 8.49. The van der Waals surface area contributed by atoms with E-state index in [2.05, 4.69) is 15.0 Å². The summed E-state index contributed by atoms with van der Waals surface area (Å²) < 4.78 is 5.83. The quantitative estimate of drug-likeness (QED) is 0.701. The van der Waals surface area contributed by atoms with Crippen molar-refractivity contribution >= 4 is 11.6 Å². The lowest BCUT2D eigenvalue weighted by Crippen LogP contribution is -2.02. The normalized spacial score (nSPS) is 10.6. The van der Waals surface area contributed by atoms with E-state index in [-0.39, 0.29) is 0 Å². The van der Waals surface area contributed by atoms with E-state index in [0.29, 0.717) is 17.4 Å². The molecule has 0 aliphatic rings. The lowest BCUT2D eigenvalue weighted by atomic mass is 10.1. The molecule has 6 heteroatoms. The van der Waals surface area contributed by atoms with Gasteiger partial charge in [0, 0.05) is 31.1 Å². The third-order valence-corrected chi connectivity index (χ3v) is 3.88. The molecule has 0 atom stereocenters. The maximum absolute atomic E-state index is 5.83. The van der Waals surface area contributed by atoms with Crippen molar-refractivity contribution in [1.29, 1.82) is 0 Å². The number of benzene rings is 1. The second-order valence-corrected chi connectivity index (χ2v) is 6.04. The molecule has 3 aromatic rings. The Balaban J connectivity index is 1.61. The topological polar surface area (TPSA) is 73.9 Å². The van der Waals surface area contributed by atoms with Crippen molar-refractivity contribution in [2.45, 2.75) is 19.3 Å². The number of aromatic nitrogens is 3. The van der Waals surface area contributed by atoms with Gasteiger partial charge in [-0.3, -0.25) is 0 Å². The SMILES string of the molecule is NCCc1ccc(Oc2cc(CCc3ncc(Cl)cn3)ccn2)cc1. The average Bonchev–Trinajstić information content (AvgIpc) is 2.64. The van der Waals surface area contributed by atoms with Gasteiger partial charge in [0.05, 0.1) is 5.02 Å². The maximum Gasteiger partial charge on any atom is 0.219 e. The van der Waals surface area contributed by atoms with Gasteiger partial charge in [-0.15, -0.1) is 0 Å². The van der Waals surface area contributed by atoms with Crippen molar-refractivity contribution in [3.8, 4) is 11.6 Å². The van der Waals surface area contributed by atoms with Crippen LogP contribution in [0.15, 0.2) is 55.0 Å². The van der Waals surface area contributed by atoms with Gasteiger partial charge in [-0.1, -0.05) is 23.7 Å². The largest absolute Gasteiger partial charge is 0.439 e. The van der Waals surface area contributed by atoms with E-state index in [4.69, 9.17) is 22.1 Å². The van der Waals surface area contributed by atoms with E-state index in [9.17, 15) is 0 Å². The number of nitrogens with two attached hydrogens (primary N) is 1.